The summed E-state index contributed by atoms with van der Waals surface area (Å²) >= 11 is 1.36. The van der Waals surface area contributed by atoms with Crippen LogP contribution in [0, 0.1) is 0 Å². The van der Waals surface area contributed by atoms with E-state index in [4.69, 9.17) is 9.47 Å². The summed E-state index contributed by atoms with van der Waals surface area (Å²) in [6, 6.07) is 13.2. The van der Waals surface area contributed by atoms with E-state index in [0.717, 1.165) is 16.8 Å². The number of carbonyl (C=O) groups excluding carboxylic acids is 1. The first-order chi connectivity index (χ1) is 14.2. The van der Waals surface area contributed by atoms with Crippen LogP contribution in [-0.2, 0) is 11.2 Å². The van der Waals surface area contributed by atoms with Crippen molar-refractivity contribution in [1.82, 2.24) is 20.5 Å². The molecule has 0 radical (unpaired) electrons. The first kappa shape index (κ1) is 20.6. The summed E-state index contributed by atoms with van der Waals surface area (Å²) in [6.45, 7) is 0.543. The third kappa shape index (κ3) is 5.92. The van der Waals surface area contributed by atoms with Crippen molar-refractivity contribution in [2.45, 2.75) is 11.4 Å². The molecular weight excluding hydrogens is 388 g/mol. The molecule has 0 saturated carbocycles. The van der Waals surface area contributed by atoms with Gasteiger partial charge in [0, 0.05) is 24.5 Å². The number of thioether (sulfide) groups is 1. The summed E-state index contributed by atoms with van der Waals surface area (Å²) in [5.41, 5.74) is 2.79. The van der Waals surface area contributed by atoms with Crippen LogP contribution in [0.5, 0.6) is 11.5 Å². The molecule has 0 saturated heterocycles. The van der Waals surface area contributed by atoms with Crippen molar-refractivity contribution < 1.29 is 14.3 Å². The van der Waals surface area contributed by atoms with Gasteiger partial charge in [-0.3, -0.25) is 9.78 Å². The molecule has 29 heavy (non-hydrogen) atoms. The van der Waals surface area contributed by atoms with Crippen molar-refractivity contribution >= 4 is 17.7 Å². The average Bonchev–Trinajstić information content (AvgIpc) is 2.78. The number of methoxy groups -OCH3 is 2. The van der Waals surface area contributed by atoms with Gasteiger partial charge in [-0.25, -0.2) is 0 Å². The zero-order valence-electron chi connectivity index (χ0n) is 16.3. The van der Waals surface area contributed by atoms with Gasteiger partial charge in [0.1, 0.15) is 5.03 Å². The van der Waals surface area contributed by atoms with Crippen LogP contribution in [0.3, 0.4) is 0 Å². The lowest BCUT2D eigenvalue weighted by molar-refractivity contribution is -0.118. The SMILES string of the molecule is COc1ccc(CCNC(=O)CSc2ccc(-c3ccncc3)nn2)cc1OC. The molecule has 0 unspecified atom stereocenters. The number of pyridine rings is 1. The standard InChI is InChI=1S/C21H22N4O3S/c1-27-18-5-3-15(13-19(18)28-2)7-12-23-20(26)14-29-21-6-4-17(24-25-21)16-8-10-22-11-9-16/h3-6,8-11,13H,7,12,14H2,1-2H3,(H,23,26). The second kappa shape index (κ2) is 10.4. The van der Waals surface area contributed by atoms with E-state index >= 15 is 0 Å². The fourth-order valence-electron chi connectivity index (χ4n) is 2.65. The Bertz CT molecular complexity index is 936. The maximum absolute atomic E-state index is 12.1. The van der Waals surface area contributed by atoms with Crippen LogP contribution >= 0.6 is 11.8 Å². The van der Waals surface area contributed by atoms with Gasteiger partial charge in [-0.05, 0) is 48.4 Å². The fourth-order valence-corrected chi connectivity index (χ4v) is 3.29. The Morgan fingerprint density at radius 3 is 2.48 bits per heavy atom. The van der Waals surface area contributed by atoms with Crippen LogP contribution in [0.4, 0.5) is 0 Å². The molecule has 1 amide bonds. The Labute approximate surface area is 173 Å². The highest BCUT2D eigenvalue weighted by molar-refractivity contribution is 7.99. The Morgan fingerprint density at radius 1 is 1.00 bits per heavy atom. The first-order valence-corrected chi connectivity index (χ1v) is 10.0. The summed E-state index contributed by atoms with van der Waals surface area (Å²) in [5.74, 6) is 1.61. The zero-order valence-corrected chi connectivity index (χ0v) is 17.1. The number of hydrogen-bond donors (Lipinski definition) is 1. The summed E-state index contributed by atoms with van der Waals surface area (Å²) < 4.78 is 10.5. The van der Waals surface area contributed by atoms with Gasteiger partial charge in [0.05, 0.1) is 25.7 Å². The molecule has 0 aliphatic carbocycles. The van der Waals surface area contributed by atoms with Gasteiger partial charge in [-0.2, -0.15) is 0 Å². The number of carbonyl (C=O) groups is 1. The first-order valence-electron chi connectivity index (χ1n) is 9.04. The summed E-state index contributed by atoms with van der Waals surface area (Å²) in [5, 5.41) is 12.0. The minimum absolute atomic E-state index is 0.0458. The Kier molecular flexibility index (Phi) is 7.40. The number of hydrogen-bond acceptors (Lipinski definition) is 7. The average molecular weight is 410 g/mol. The quantitative estimate of drug-likeness (QED) is 0.543. The predicted octanol–water partition coefficient (Wildman–Crippen LogP) is 3.01. The van der Waals surface area contributed by atoms with Crippen LogP contribution in [0.25, 0.3) is 11.3 Å². The Balaban J connectivity index is 1.43. The van der Waals surface area contributed by atoms with Gasteiger partial charge < -0.3 is 14.8 Å². The van der Waals surface area contributed by atoms with Crippen LogP contribution in [0.1, 0.15) is 5.56 Å². The third-order valence-corrected chi connectivity index (χ3v) is 5.07. The molecule has 0 atom stereocenters. The lowest BCUT2D eigenvalue weighted by atomic mass is 10.1. The van der Waals surface area contributed by atoms with Crippen molar-refractivity contribution in [3.63, 3.8) is 0 Å². The van der Waals surface area contributed by atoms with Crippen LogP contribution in [0.15, 0.2) is 59.9 Å². The van der Waals surface area contributed by atoms with E-state index in [1.807, 2.05) is 42.5 Å². The van der Waals surface area contributed by atoms with Crippen LogP contribution in [-0.4, -0.2) is 47.6 Å². The van der Waals surface area contributed by atoms with Gasteiger partial charge in [-0.15, -0.1) is 10.2 Å². The van der Waals surface area contributed by atoms with Crippen molar-refractivity contribution in [2.75, 3.05) is 26.5 Å². The Morgan fingerprint density at radius 2 is 1.79 bits per heavy atom. The molecule has 3 rings (SSSR count). The van der Waals surface area contributed by atoms with E-state index in [-0.39, 0.29) is 11.7 Å². The molecule has 7 nitrogen and oxygen atoms in total. The van der Waals surface area contributed by atoms with Gasteiger partial charge in [0.15, 0.2) is 11.5 Å². The number of rotatable bonds is 9. The number of nitrogens with one attached hydrogen (secondary N) is 1. The van der Waals surface area contributed by atoms with E-state index in [1.54, 1.807) is 26.6 Å². The highest BCUT2D eigenvalue weighted by Crippen LogP contribution is 2.27. The van der Waals surface area contributed by atoms with Crippen molar-refractivity contribution in [1.29, 1.82) is 0 Å². The van der Waals surface area contributed by atoms with Gasteiger partial charge in [0.2, 0.25) is 5.91 Å². The molecule has 0 fully saturated rings. The second-order valence-corrected chi connectivity index (χ2v) is 7.07. The highest BCUT2D eigenvalue weighted by atomic mass is 32.2. The van der Waals surface area contributed by atoms with E-state index in [2.05, 4.69) is 20.5 Å². The topological polar surface area (TPSA) is 86.2 Å². The lowest BCUT2D eigenvalue weighted by Crippen LogP contribution is -2.27. The van der Waals surface area contributed by atoms with Crippen molar-refractivity contribution in [3.05, 3.63) is 60.4 Å². The monoisotopic (exact) mass is 410 g/mol. The molecule has 2 heterocycles. The summed E-state index contributed by atoms with van der Waals surface area (Å²) in [7, 11) is 3.21. The summed E-state index contributed by atoms with van der Waals surface area (Å²) in [4.78, 5) is 16.1. The number of ether oxygens (including phenoxy) is 2. The van der Waals surface area contributed by atoms with Crippen molar-refractivity contribution in [3.8, 4) is 22.8 Å². The molecule has 150 valence electrons. The maximum atomic E-state index is 12.1. The zero-order chi connectivity index (χ0) is 20.5. The number of aromatic nitrogens is 3. The molecular formula is C21H22N4O3S. The fraction of sp³-hybridized carbons (Fsp3) is 0.238. The molecule has 2 aromatic heterocycles. The number of amides is 1. The smallest absolute Gasteiger partial charge is 0.230 e. The third-order valence-electron chi connectivity index (χ3n) is 4.15. The Hall–Kier alpha value is -3.13. The lowest BCUT2D eigenvalue weighted by Gasteiger charge is -2.10. The molecule has 0 spiro atoms. The molecule has 1 N–H and O–H groups in total. The van der Waals surface area contributed by atoms with Gasteiger partial charge in [-0.1, -0.05) is 17.8 Å². The van der Waals surface area contributed by atoms with Gasteiger partial charge >= 0.3 is 0 Å². The highest BCUT2D eigenvalue weighted by Gasteiger charge is 2.07. The molecule has 0 aliphatic heterocycles. The predicted molar refractivity (Wildman–Crippen MR) is 112 cm³/mol. The van der Waals surface area contributed by atoms with E-state index in [0.29, 0.717) is 29.5 Å². The van der Waals surface area contributed by atoms with Crippen molar-refractivity contribution in [2.24, 2.45) is 0 Å². The minimum Gasteiger partial charge on any atom is -0.493 e. The van der Waals surface area contributed by atoms with E-state index in [9.17, 15) is 4.79 Å². The molecule has 0 bridgehead atoms. The van der Waals surface area contributed by atoms with Gasteiger partial charge in [0.25, 0.3) is 0 Å². The number of nitrogens with zero attached hydrogens (tertiary/aromatic N) is 3. The maximum Gasteiger partial charge on any atom is 0.230 e. The molecule has 3 aromatic rings. The van der Waals surface area contributed by atoms with Crippen LogP contribution < -0.4 is 14.8 Å². The van der Waals surface area contributed by atoms with Crippen LogP contribution in [0.2, 0.25) is 0 Å². The van der Waals surface area contributed by atoms with E-state index in [1.165, 1.54) is 11.8 Å². The minimum atomic E-state index is -0.0458. The largest absolute Gasteiger partial charge is 0.493 e. The molecule has 1 aromatic carbocycles. The normalized spacial score (nSPS) is 10.4. The molecule has 8 heteroatoms. The van der Waals surface area contributed by atoms with E-state index < -0.39 is 0 Å². The summed E-state index contributed by atoms with van der Waals surface area (Å²) in [6.07, 6.45) is 4.13. The number of benzene rings is 1. The molecule has 0 aliphatic rings. The second-order valence-electron chi connectivity index (χ2n) is 6.07.